The Morgan fingerprint density at radius 3 is 2.63 bits per heavy atom. The lowest BCUT2D eigenvalue weighted by Gasteiger charge is -2.15. The number of esters is 1. The number of nitrogens with zero attached hydrogens (tertiary/aromatic N) is 1. The van der Waals surface area contributed by atoms with E-state index in [1.807, 2.05) is 0 Å². The fraction of sp³-hybridized carbons (Fsp3) is 0.400. The second kappa shape index (κ2) is 6.73. The summed E-state index contributed by atoms with van der Waals surface area (Å²) in [6.45, 7) is 0. The van der Waals surface area contributed by atoms with Crippen molar-refractivity contribution in [3.63, 3.8) is 0 Å². The van der Waals surface area contributed by atoms with Gasteiger partial charge < -0.3 is 9.47 Å². The van der Waals surface area contributed by atoms with E-state index in [9.17, 15) is 18.0 Å². The van der Waals surface area contributed by atoms with Crippen molar-refractivity contribution in [2.75, 3.05) is 7.11 Å². The van der Waals surface area contributed by atoms with Crippen LogP contribution in [0.4, 0.5) is 13.2 Å². The number of hydrogen-bond donors (Lipinski definition) is 0. The van der Waals surface area contributed by atoms with Crippen molar-refractivity contribution in [1.29, 1.82) is 0 Å². The van der Waals surface area contributed by atoms with Crippen molar-refractivity contribution in [1.82, 2.24) is 4.98 Å². The number of rotatable bonds is 4. The molecule has 0 saturated carbocycles. The van der Waals surface area contributed by atoms with Gasteiger partial charge in [0.15, 0.2) is 0 Å². The summed E-state index contributed by atoms with van der Waals surface area (Å²) in [4.78, 5) is 15.1. The third-order valence-electron chi connectivity index (χ3n) is 2.02. The Balaban J connectivity index is 3.18. The summed E-state index contributed by atoms with van der Waals surface area (Å²) in [5.74, 6) is -0.936. The van der Waals surface area contributed by atoms with Crippen LogP contribution in [0.1, 0.15) is 11.3 Å². The molecule has 0 bridgehead atoms. The van der Waals surface area contributed by atoms with Gasteiger partial charge in [0.05, 0.1) is 22.8 Å². The second-order valence-electron chi connectivity index (χ2n) is 3.31. The average Bonchev–Trinajstić information content (AvgIpc) is 2.32. The SMILES string of the molecule is COC(=O)Cc1ncc(CBr)c(OC(F)(F)F)c1I. The molecule has 9 heteroatoms. The van der Waals surface area contributed by atoms with Crippen molar-refractivity contribution in [2.45, 2.75) is 18.1 Å². The molecule has 0 atom stereocenters. The molecule has 0 aliphatic rings. The smallest absolute Gasteiger partial charge is 0.469 e. The van der Waals surface area contributed by atoms with Gasteiger partial charge >= 0.3 is 12.3 Å². The molecule has 1 rings (SSSR count). The fourth-order valence-electron chi connectivity index (χ4n) is 1.20. The normalized spacial score (nSPS) is 11.3. The molecule has 0 spiro atoms. The van der Waals surface area contributed by atoms with Crippen LogP contribution in [0, 0.1) is 3.57 Å². The van der Waals surface area contributed by atoms with E-state index in [0.29, 0.717) is 0 Å². The lowest BCUT2D eigenvalue weighted by atomic mass is 10.2. The van der Waals surface area contributed by atoms with E-state index in [0.717, 1.165) is 0 Å². The highest BCUT2D eigenvalue weighted by atomic mass is 127. The molecular weight excluding hydrogens is 446 g/mol. The summed E-state index contributed by atoms with van der Waals surface area (Å²) in [6.07, 6.45) is -3.79. The lowest BCUT2D eigenvalue weighted by Crippen LogP contribution is -2.20. The lowest BCUT2D eigenvalue weighted by molar-refractivity contribution is -0.275. The summed E-state index contributed by atoms with van der Waals surface area (Å²) in [5, 5.41) is 0.153. The van der Waals surface area contributed by atoms with Crippen molar-refractivity contribution >= 4 is 44.5 Å². The van der Waals surface area contributed by atoms with Crippen molar-refractivity contribution in [2.24, 2.45) is 0 Å². The highest BCUT2D eigenvalue weighted by Crippen LogP contribution is 2.33. The largest absolute Gasteiger partial charge is 0.573 e. The molecule has 1 heterocycles. The minimum Gasteiger partial charge on any atom is -0.469 e. The third-order valence-corrected chi connectivity index (χ3v) is 3.74. The van der Waals surface area contributed by atoms with Crippen molar-refractivity contribution in [3.8, 4) is 5.75 Å². The Morgan fingerprint density at radius 1 is 1.53 bits per heavy atom. The number of pyridine rings is 1. The molecule has 0 N–H and O–H groups in total. The van der Waals surface area contributed by atoms with Crippen LogP contribution in [0.5, 0.6) is 5.75 Å². The monoisotopic (exact) mass is 453 g/mol. The van der Waals surface area contributed by atoms with Gasteiger partial charge in [0.25, 0.3) is 0 Å². The number of halogens is 5. The first-order valence-corrected chi connectivity index (χ1v) is 7.03. The first-order chi connectivity index (χ1) is 8.78. The van der Waals surface area contributed by atoms with Gasteiger partial charge in [-0.05, 0) is 22.6 Å². The number of carbonyl (C=O) groups excluding carboxylic acids is 1. The second-order valence-corrected chi connectivity index (χ2v) is 4.95. The van der Waals surface area contributed by atoms with Crippen LogP contribution in [0.3, 0.4) is 0 Å². The first kappa shape index (κ1) is 16.5. The molecule has 0 saturated heterocycles. The molecule has 19 heavy (non-hydrogen) atoms. The highest BCUT2D eigenvalue weighted by Gasteiger charge is 2.33. The molecule has 1 aromatic heterocycles. The quantitative estimate of drug-likeness (QED) is 0.399. The van der Waals surface area contributed by atoms with Crippen LogP contribution in [0.2, 0.25) is 0 Å². The molecule has 0 aliphatic heterocycles. The predicted molar refractivity (Wildman–Crippen MR) is 72.0 cm³/mol. The maximum absolute atomic E-state index is 12.3. The zero-order valence-electron chi connectivity index (χ0n) is 9.55. The van der Waals surface area contributed by atoms with Crippen LogP contribution in [-0.4, -0.2) is 24.4 Å². The van der Waals surface area contributed by atoms with E-state index in [2.05, 4.69) is 30.4 Å². The first-order valence-electron chi connectivity index (χ1n) is 4.83. The molecule has 0 amide bonds. The number of alkyl halides is 4. The fourth-order valence-corrected chi connectivity index (χ4v) is 2.38. The number of aromatic nitrogens is 1. The van der Waals surface area contributed by atoms with E-state index in [-0.39, 0.29) is 32.3 Å². The Hall–Kier alpha value is -0.580. The molecule has 0 radical (unpaired) electrons. The Bertz CT molecular complexity index is 482. The molecule has 1 aromatic rings. The number of methoxy groups -OCH3 is 1. The molecule has 4 nitrogen and oxygen atoms in total. The van der Waals surface area contributed by atoms with Gasteiger partial charge in [0.2, 0.25) is 0 Å². The predicted octanol–water partition coefficient (Wildman–Crippen LogP) is 3.20. The highest BCUT2D eigenvalue weighted by molar-refractivity contribution is 14.1. The summed E-state index contributed by atoms with van der Waals surface area (Å²) < 4.78 is 45.6. The van der Waals surface area contributed by atoms with E-state index in [1.54, 1.807) is 22.6 Å². The number of carbonyl (C=O) groups is 1. The van der Waals surface area contributed by atoms with Crippen LogP contribution >= 0.6 is 38.5 Å². The minimum absolute atomic E-state index is 0.136. The van der Waals surface area contributed by atoms with Crippen molar-refractivity contribution < 1.29 is 27.4 Å². The van der Waals surface area contributed by atoms with Gasteiger partial charge in [-0.15, -0.1) is 13.2 Å². The minimum atomic E-state index is -4.80. The summed E-state index contributed by atoms with van der Waals surface area (Å²) >= 11 is 4.72. The van der Waals surface area contributed by atoms with Gasteiger partial charge in [-0.2, -0.15) is 0 Å². The van der Waals surface area contributed by atoms with Gasteiger partial charge in [0.1, 0.15) is 5.75 Å². The van der Waals surface area contributed by atoms with Crippen LogP contribution in [0.25, 0.3) is 0 Å². The summed E-state index contributed by atoms with van der Waals surface area (Å²) in [6, 6.07) is 0. The third kappa shape index (κ3) is 4.79. The topological polar surface area (TPSA) is 48.4 Å². The Kier molecular flexibility index (Phi) is 5.83. The summed E-state index contributed by atoms with van der Waals surface area (Å²) in [5.41, 5.74) is 0.423. The Morgan fingerprint density at radius 2 is 2.16 bits per heavy atom. The van der Waals surface area contributed by atoms with Gasteiger partial charge in [0, 0.05) is 17.1 Å². The van der Waals surface area contributed by atoms with E-state index in [4.69, 9.17) is 0 Å². The summed E-state index contributed by atoms with van der Waals surface area (Å²) in [7, 11) is 1.19. The van der Waals surface area contributed by atoms with Gasteiger partial charge in [-0.1, -0.05) is 15.9 Å². The van der Waals surface area contributed by atoms with Crippen LogP contribution in [0.15, 0.2) is 6.20 Å². The standard InChI is InChI=1S/C10H8BrF3INO3/c1-18-7(17)2-6-8(15)9(19-10(12,13)14)5(3-11)4-16-6/h4H,2-3H2,1H3. The molecule has 0 unspecified atom stereocenters. The van der Waals surface area contributed by atoms with Crippen molar-refractivity contribution in [3.05, 3.63) is 21.0 Å². The zero-order valence-corrected chi connectivity index (χ0v) is 13.3. The zero-order chi connectivity index (χ0) is 14.6. The maximum Gasteiger partial charge on any atom is 0.573 e. The van der Waals surface area contributed by atoms with E-state index in [1.165, 1.54) is 13.3 Å². The molecule has 0 aromatic carbocycles. The van der Waals surface area contributed by atoms with Gasteiger partial charge in [-0.25, -0.2) is 0 Å². The van der Waals surface area contributed by atoms with E-state index >= 15 is 0 Å². The molecular formula is C10H8BrF3INO3. The molecule has 106 valence electrons. The van der Waals surface area contributed by atoms with Crippen LogP contribution < -0.4 is 4.74 Å². The Labute approximate surface area is 128 Å². The van der Waals surface area contributed by atoms with Gasteiger partial charge in [-0.3, -0.25) is 9.78 Å². The number of ether oxygens (including phenoxy) is 2. The van der Waals surface area contributed by atoms with E-state index < -0.39 is 12.3 Å². The average molecular weight is 454 g/mol. The number of hydrogen-bond acceptors (Lipinski definition) is 4. The molecule has 0 fully saturated rings. The molecule has 0 aliphatic carbocycles. The van der Waals surface area contributed by atoms with Crippen LogP contribution in [-0.2, 0) is 21.3 Å². The maximum atomic E-state index is 12.3.